The molecule has 1 aliphatic carbocycles. The van der Waals surface area contributed by atoms with Crippen molar-refractivity contribution in [3.63, 3.8) is 0 Å². The number of nitrogens with two attached hydrogens (primary N) is 1. The number of nitro groups is 1. The van der Waals surface area contributed by atoms with E-state index in [1.54, 1.807) is 0 Å². The van der Waals surface area contributed by atoms with E-state index >= 15 is 0 Å². The minimum Gasteiger partial charge on any atom is -0.334 e. The van der Waals surface area contributed by atoms with Crippen LogP contribution in [-0.2, 0) is 4.79 Å². The van der Waals surface area contributed by atoms with E-state index in [1.165, 1.54) is 25.3 Å². The van der Waals surface area contributed by atoms with Crippen LogP contribution in [0.4, 0.5) is 15.8 Å². The number of quaternary nitrogens is 1. The molecule has 6 nitrogen and oxygen atoms in total. The van der Waals surface area contributed by atoms with E-state index in [0.29, 0.717) is 12.0 Å². The molecule has 23 heavy (non-hydrogen) atoms. The lowest BCUT2D eigenvalue weighted by atomic mass is 9.85. The van der Waals surface area contributed by atoms with Gasteiger partial charge < -0.3 is 10.6 Å². The van der Waals surface area contributed by atoms with Crippen molar-refractivity contribution in [1.29, 1.82) is 0 Å². The average Bonchev–Trinajstić information content (AvgIpc) is 2.51. The van der Waals surface area contributed by atoms with Gasteiger partial charge in [-0.15, -0.1) is 0 Å². The van der Waals surface area contributed by atoms with Crippen molar-refractivity contribution in [3.8, 4) is 0 Å². The van der Waals surface area contributed by atoms with Crippen LogP contribution in [-0.4, -0.2) is 22.9 Å². The zero-order chi connectivity index (χ0) is 17.0. The van der Waals surface area contributed by atoms with E-state index in [4.69, 9.17) is 0 Å². The van der Waals surface area contributed by atoms with Gasteiger partial charge in [0.05, 0.1) is 11.0 Å². The van der Waals surface area contributed by atoms with Gasteiger partial charge in [-0.1, -0.05) is 13.3 Å². The van der Waals surface area contributed by atoms with E-state index in [9.17, 15) is 19.3 Å². The van der Waals surface area contributed by atoms with Crippen molar-refractivity contribution in [1.82, 2.24) is 0 Å². The Labute approximate surface area is 134 Å². The largest absolute Gasteiger partial charge is 0.334 e. The molecule has 0 unspecified atom stereocenters. The van der Waals surface area contributed by atoms with Crippen LogP contribution < -0.4 is 10.6 Å². The quantitative estimate of drug-likeness (QED) is 0.643. The molecule has 1 aliphatic rings. The summed E-state index contributed by atoms with van der Waals surface area (Å²) >= 11 is 0. The summed E-state index contributed by atoms with van der Waals surface area (Å²) < 4.78 is 13.3. The average molecular weight is 324 g/mol. The molecule has 0 saturated heterocycles. The smallest absolute Gasteiger partial charge is 0.306 e. The van der Waals surface area contributed by atoms with Gasteiger partial charge in [-0.25, -0.2) is 0 Å². The fourth-order valence-corrected chi connectivity index (χ4v) is 3.08. The zero-order valence-electron chi connectivity index (χ0n) is 13.4. The third-order valence-electron chi connectivity index (χ3n) is 4.54. The van der Waals surface area contributed by atoms with Crippen molar-refractivity contribution in [2.45, 2.75) is 51.6 Å². The molecule has 1 aromatic carbocycles. The van der Waals surface area contributed by atoms with Crippen LogP contribution in [0.2, 0.25) is 0 Å². The zero-order valence-corrected chi connectivity index (χ0v) is 13.4. The van der Waals surface area contributed by atoms with Crippen molar-refractivity contribution in [2.24, 2.45) is 5.92 Å². The Morgan fingerprint density at radius 3 is 2.78 bits per heavy atom. The van der Waals surface area contributed by atoms with E-state index < -0.39 is 16.4 Å². The Hall–Kier alpha value is -2.02. The van der Waals surface area contributed by atoms with Crippen LogP contribution >= 0.6 is 0 Å². The van der Waals surface area contributed by atoms with Gasteiger partial charge in [-0.2, -0.15) is 4.39 Å². The molecule has 1 aromatic rings. The lowest BCUT2D eigenvalue weighted by molar-refractivity contribution is -0.714. The first-order valence-corrected chi connectivity index (χ1v) is 7.98. The first-order valence-electron chi connectivity index (χ1n) is 7.98. The summed E-state index contributed by atoms with van der Waals surface area (Å²) in [5, 5.41) is 15.4. The molecule has 0 heterocycles. The molecule has 2 rings (SSSR count). The van der Waals surface area contributed by atoms with E-state index in [2.05, 4.69) is 17.6 Å². The molecule has 1 saturated carbocycles. The Bertz CT molecular complexity index is 594. The van der Waals surface area contributed by atoms with Gasteiger partial charge in [0.2, 0.25) is 5.82 Å². The highest BCUT2D eigenvalue weighted by atomic mass is 19.1. The number of nitrogens with one attached hydrogen (secondary N) is 1. The van der Waals surface area contributed by atoms with Crippen LogP contribution in [0.15, 0.2) is 18.2 Å². The minimum atomic E-state index is -0.913. The molecule has 126 valence electrons. The van der Waals surface area contributed by atoms with Gasteiger partial charge in [0.25, 0.3) is 5.91 Å². The number of benzene rings is 1. The number of nitrogens with zero attached hydrogens (tertiary/aromatic N) is 1. The van der Waals surface area contributed by atoms with Crippen molar-refractivity contribution in [2.75, 3.05) is 5.32 Å². The summed E-state index contributed by atoms with van der Waals surface area (Å²) in [6.07, 6.45) is 4.70. The summed E-state index contributed by atoms with van der Waals surface area (Å²) in [6.45, 7) is 4.02. The van der Waals surface area contributed by atoms with Crippen LogP contribution in [0.1, 0.15) is 39.5 Å². The highest BCUT2D eigenvalue weighted by Crippen LogP contribution is 2.22. The second kappa shape index (κ2) is 7.50. The molecule has 0 aliphatic heterocycles. The Kier molecular flexibility index (Phi) is 5.65. The van der Waals surface area contributed by atoms with E-state index in [-0.39, 0.29) is 17.6 Å². The molecule has 1 amide bonds. The topological polar surface area (TPSA) is 88.8 Å². The lowest BCUT2D eigenvalue weighted by Crippen LogP contribution is -2.97. The number of carbonyl (C=O) groups excluding carboxylic acids is 1. The van der Waals surface area contributed by atoms with Crippen molar-refractivity contribution in [3.05, 3.63) is 34.1 Å². The maximum absolute atomic E-state index is 13.3. The fraction of sp³-hybridized carbons (Fsp3) is 0.562. The molecule has 1 fully saturated rings. The minimum absolute atomic E-state index is 0.233. The van der Waals surface area contributed by atoms with E-state index in [0.717, 1.165) is 18.6 Å². The summed E-state index contributed by atoms with van der Waals surface area (Å²) in [5.74, 6) is -0.571. The van der Waals surface area contributed by atoms with Gasteiger partial charge in [-0.3, -0.25) is 14.9 Å². The van der Waals surface area contributed by atoms with Crippen LogP contribution in [0.5, 0.6) is 0 Å². The van der Waals surface area contributed by atoms with E-state index in [1.807, 2.05) is 6.92 Å². The summed E-state index contributed by atoms with van der Waals surface area (Å²) in [5.41, 5.74) is -0.402. The molecular formula is C16H23FN3O3+. The Balaban J connectivity index is 1.98. The van der Waals surface area contributed by atoms with Gasteiger partial charge in [-0.05, 0) is 38.3 Å². The highest BCUT2D eigenvalue weighted by Gasteiger charge is 2.28. The van der Waals surface area contributed by atoms with Crippen LogP contribution in [0, 0.1) is 21.8 Å². The first-order chi connectivity index (χ1) is 10.9. The molecule has 3 N–H and O–H groups in total. The Morgan fingerprint density at radius 1 is 1.43 bits per heavy atom. The predicted molar refractivity (Wildman–Crippen MR) is 84.5 cm³/mol. The van der Waals surface area contributed by atoms with Crippen LogP contribution in [0.25, 0.3) is 0 Å². The number of carbonyl (C=O) groups is 1. The van der Waals surface area contributed by atoms with Gasteiger partial charge in [0, 0.05) is 17.7 Å². The van der Waals surface area contributed by atoms with Crippen molar-refractivity contribution < 1.29 is 19.4 Å². The highest BCUT2D eigenvalue weighted by molar-refractivity contribution is 5.93. The maximum atomic E-state index is 13.3. The number of amides is 1. The predicted octanol–water partition coefficient (Wildman–Crippen LogP) is 2.20. The number of anilines is 1. The molecular weight excluding hydrogens is 301 g/mol. The summed E-state index contributed by atoms with van der Waals surface area (Å²) in [4.78, 5) is 22.2. The number of nitro benzene ring substituents is 1. The Morgan fingerprint density at radius 2 is 2.13 bits per heavy atom. The fourth-order valence-electron chi connectivity index (χ4n) is 3.08. The first kappa shape index (κ1) is 17.3. The molecule has 7 heteroatoms. The monoisotopic (exact) mass is 324 g/mol. The second-order valence-corrected chi connectivity index (χ2v) is 6.32. The third kappa shape index (κ3) is 4.48. The number of hydrogen-bond acceptors (Lipinski definition) is 3. The molecule has 0 bridgehead atoms. The normalized spacial score (nSPS) is 22.4. The SMILES string of the molecule is C[C@H]([NH2+][C@@H]1CCCC[C@@H]1C)C(=O)Nc1ccc(F)c([N+](=O)[O-])c1. The van der Waals surface area contributed by atoms with Gasteiger partial charge in [0.15, 0.2) is 6.04 Å². The molecule has 3 atom stereocenters. The molecule has 0 radical (unpaired) electrons. The molecule has 0 aromatic heterocycles. The maximum Gasteiger partial charge on any atom is 0.306 e. The van der Waals surface area contributed by atoms with Crippen LogP contribution in [0.3, 0.4) is 0 Å². The van der Waals surface area contributed by atoms with Gasteiger partial charge >= 0.3 is 5.69 Å². The molecule has 0 spiro atoms. The number of halogens is 1. The van der Waals surface area contributed by atoms with Crippen molar-refractivity contribution >= 4 is 17.3 Å². The summed E-state index contributed by atoms with van der Waals surface area (Å²) in [7, 11) is 0. The van der Waals surface area contributed by atoms with Gasteiger partial charge in [0.1, 0.15) is 0 Å². The number of rotatable bonds is 5. The second-order valence-electron chi connectivity index (χ2n) is 6.32. The lowest BCUT2D eigenvalue weighted by Gasteiger charge is -2.28. The standard InChI is InChI=1S/C16H22FN3O3/c1-10-5-3-4-6-14(10)18-11(2)16(21)19-12-7-8-13(17)15(9-12)20(22)23/h7-11,14,18H,3-6H2,1-2H3,(H,19,21)/p+1/t10-,11-,14+/m0/s1. The third-order valence-corrected chi connectivity index (χ3v) is 4.54. The number of hydrogen-bond donors (Lipinski definition) is 2. The summed E-state index contributed by atoms with van der Waals surface area (Å²) in [6, 6.07) is 3.49.